The van der Waals surface area contributed by atoms with Gasteiger partial charge in [0.25, 0.3) is 0 Å². The molecule has 82 valence electrons. The van der Waals surface area contributed by atoms with Crippen LogP contribution in [-0.2, 0) is 4.79 Å². The largest absolute Gasteiger partial charge is 0.479 e. The SMILES string of the molecule is Cc1ccc(N)c(C(O)C(O)C(=O)O)c1. The first-order chi connectivity index (χ1) is 6.93. The Morgan fingerprint density at radius 3 is 2.53 bits per heavy atom. The number of hydrogen-bond donors (Lipinski definition) is 4. The molecule has 0 bridgehead atoms. The molecule has 1 rings (SSSR count). The van der Waals surface area contributed by atoms with Gasteiger partial charge in [0.05, 0.1) is 0 Å². The number of nitrogen functional groups attached to an aromatic ring is 1. The number of carbonyl (C=O) groups is 1. The normalized spacial score (nSPS) is 14.6. The third-order valence-corrected chi connectivity index (χ3v) is 2.11. The number of rotatable bonds is 3. The topological polar surface area (TPSA) is 104 Å². The first-order valence-electron chi connectivity index (χ1n) is 4.38. The molecular weight excluding hydrogens is 198 g/mol. The molecule has 5 heteroatoms. The van der Waals surface area contributed by atoms with Crippen molar-refractivity contribution < 1.29 is 20.1 Å². The quantitative estimate of drug-likeness (QED) is 0.529. The molecule has 0 fully saturated rings. The van der Waals surface area contributed by atoms with Crippen molar-refractivity contribution in [2.75, 3.05) is 5.73 Å². The first-order valence-corrected chi connectivity index (χ1v) is 4.38. The van der Waals surface area contributed by atoms with Crippen LogP contribution in [0.4, 0.5) is 5.69 Å². The lowest BCUT2D eigenvalue weighted by Crippen LogP contribution is -2.28. The van der Waals surface area contributed by atoms with Crippen LogP contribution < -0.4 is 5.73 Å². The number of carboxylic acids is 1. The highest BCUT2D eigenvalue weighted by atomic mass is 16.4. The van der Waals surface area contributed by atoms with Crippen LogP contribution in [0.5, 0.6) is 0 Å². The molecule has 0 heterocycles. The number of aliphatic hydroxyl groups is 2. The number of carboxylic acid groups (broad SMARTS) is 1. The van der Waals surface area contributed by atoms with Gasteiger partial charge in [-0.3, -0.25) is 0 Å². The fourth-order valence-corrected chi connectivity index (χ4v) is 1.26. The van der Waals surface area contributed by atoms with Gasteiger partial charge in [0.15, 0.2) is 6.10 Å². The maximum Gasteiger partial charge on any atom is 0.335 e. The lowest BCUT2D eigenvalue weighted by Gasteiger charge is -2.16. The Hall–Kier alpha value is -1.59. The molecule has 2 unspecified atom stereocenters. The fourth-order valence-electron chi connectivity index (χ4n) is 1.26. The summed E-state index contributed by atoms with van der Waals surface area (Å²) in [6.45, 7) is 1.78. The summed E-state index contributed by atoms with van der Waals surface area (Å²) in [4.78, 5) is 10.5. The van der Waals surface area contributed by atoms with Gasteiger partial charge in [-0.25, -0.2) is 4.79 Å². The van der Waals surface area contributed by atoms with Gasteiger partial charge in [-0.05, 0) is 13.0 Å². The van der Waals surface area contributed by atoms with Crippen molar-refractivity contribution in [3.63, 3.8) is 0 Å². The number of aryl methyl sites for hydroxylation is 1. The molecule has 5 N–H and O–H groups in total. The maximum atomic E-state index is 10.5. The number of benzene rings is 1. The summed E-state index contributed by atoms with van der Waals surface area (Å²) in [5.41, 5.74) is 6.88. The monoisotopic (exact) mass is 211 g/mol. The van der Waals surface area contributed by atoms with E-state index in [-0.39, 0.29) is 11.3 Å². The van der Waals surface area contributed by atoms with Gasteiger partial charge in [-0.2, -0.15) is 0 Å². The predicted octanol–water partition coefficient (Wildman–Crippen LogP) is 0.0561. The van der Waals surface area contributed by atoms with Gasteiger partial charge in [0, 0.05) is 11.3 Å². The van der Waals surface area contributed by atoms with E-state index in [9.17, 15) is 9.90 Å². The lowest BCUT2D eigenvalue weighted by atomic mass is 10.0. The van der Waals surface area contributed by atoms with Crippen molar-refractivity contribution >= 4 is 11.7 Å². The third kappa shape index (κ3) is 2.45. The molecule has 5 nitrogen and oxygen atoms in total. The summed E-state index contributed by atoms with van der Waals surface area (Å²) in [5, 5.41) is 27.2. The van der Waals surface area contributed by atoms with Crippen LogP contribution in [0.2, 0.25) is 0 Å². The van der Waals surface area contributed by atoms with E-state index in [1.54, 1.807) is 25.1 Å². The average Bonchev–Trinajstić information content (AvgIpc) is 2.19. The average molecular weight is 211 g/mol. The third-order valence-electron chi connectivity index (χ3n) is 2.11. The van der Waals surface area contributed by atoms with Crippen LogP contribution in [0.1, 0.15) is 17.2 Å². The van der Waals surface area contributed by atoms with Gasteiger partial charge < -0.3 is 21.1 Å². The van der Waals surface area contributed by atoms with Crippen molar-refractivity contribution in [3.05, 3.63) is 29.3 Å². The molecule has 0 amide bonds. The Bertz CT molecular complexity index is 378. The molecule has 1 aromatic rings. The fraction of sp³-hybridized carbons (Fsp3) is 0.300. The predicted molar refractivity (Wildman–Crippen MR) is 54.2 cm³/mol. The Kier molecular flexibility index (Phi) is 3.28. The second-order valence-electron chi connectivity index (χ2n) is 3.36. The summed E-state index contributed by atoms with van der Waals surface area (Å²) < 4.78 is 0. The molecular formula is C10H13NO4. The second kappa shape index (κ2) is 4.29. The number of aliphatic carboxylic acids is 1. The van der Waals surface area contributed by atoms with Crippen LogP contribution >= 0.6 is 0 Å². The maximum absolute atomic E-state index is 10.5. The molecule has 2 atom stereocenters. The lowest BCUT2D eigenvalue weighted by molar-refractivity contribution is -0.153. The minimum absolute atomic E-state index is 0.227. The van der Waals surface area contributed by atoms with E-state index < -0.39 is 18.2 Å². The van der Waals surface area contributed by atoms with Crippen molar-refractivity contribution in [2.24, 2.45) is 0 Å². The molecule has 0 aliphatic rings. The Balaban J connectivity index is 3.04. The number of hydrogen-bond acceptors (Lipinski definition) is 4. The Morgan fingerprint density at radius 1 is 1.40 bits per heavy atom. The van der Waals surface area contributed by atoms with Gasteiger partial charge in [-0.1, -0.05) is 17.7 Å². The minimum Gasteiger partial charge on any atom is -0.479 e. The van der Waals surface area contributed by atoms with Crippen molar-refractivity contribution in [2.45, 2.75) is 19.1 Å². The summed E-state index contributed by atoms with van der Waals surface area (Å²) in [6.07, 6.45) is -3.38. The van der Waals surface area contributed by atoms with E-state index in [0.29, 0.717) is 0 Å². The highest BCUT2D eigenvalue weighted by molar-refractivity contribution is 5.73. The number of nitrogens with two attached hydrogens (primary N) is 1. The standard InChI is InChI=1S/C10H13NO4/c1-5-2-3-7(11)6(4-5)8(12)9(13)10(14)15/h2-4,8-9,12-13H,11H2,1H3,(H,14,15). The van der Waals surface area contributed by atoms with Crippen LogP contribution in [0.25, 0.3) is 0 Å². The van der Waals surface area contributed by atoms with E-state index in [2.05, 4.69) is 0 Å². The van der Waals surface area contributed by atoms with Crippen LogP contribution in [-0.4, -0.2) is 27.4 Å². The summed E-state index contributed by atoms with van der Waals surface area (Å²) in [5.74, 6) is -1.48. The van der Waals surface area contributed by atoms with Gasteiger partial charge >= 0.3 is 5.97 Å². The molecule has 1 aromatic carbocycles. The number of aliphatic hydroxyl groups excluding tert-OH is 2. The van der Waals surface area contributed by atoms with Crippen molar-refractivity contribution in [1.29, 1.82) is 0 Å². The molecule has 0 spiro atoms. The molecule has 0 saturated heterocycles. The highest BCUT2D eigenvalue weighted by Gasteiger charge is 2.26. The zero-order valence-electron chi connectivity index (χ0n) is 8.21. The van der Waals surface area contributed by atoms with Crippen LogP contribution in [0.3, 0.4) is 0 Å². The van der Waals surface area contributed by atoms with Gasteiger partial charge in [-0.15, -0.1) is 0 Å². The molecule has 0 aromatic heterocycles. The molecule has 0 aliphatic heterocycles. The highest BCUT2D eigenvalue weighted by Crippen LogP contribution is 2.24. The van der Waals surface area contributed by atoms with E-state index in [4.69, 9.17) is 15.9 Å². The summed E-state index contributed by atoms with van der Waals surface area (Å²) in [7, 11) is 0. The molecule has 0 radical (unpaired) electrons. The second-order valence-corrected chi connectivity index (χ2v) is 3.36. The van der Waals surface area contributed by atoms with E-state index >= 15 is 0 Å². The van der Waals surface area contributed by atoms with Crippen molar-refractivity contribution in [3.8, 4) is 0 Å². The molecule has 0 aliphatic carbocycles. The minimum atomic E-state index is -1.87. The van der Waals surface area contributed by atoms with Gasteiger partial charge in [0.1, 0.15) is 6.10 Å². The number of anilines is 1. The van der Waals surface area contributed by atoms with E-state index in [0.717, 1.165) is 5.56 Å². The summed E-state index contributed by atoms with van der Waals surface area (Å²) in [6, 6.07) is 4.84. The Morgan fingerprint density at radius 2 is 2.00 bits per heavy atom. The smallest absolute Gasteiger partial charge is 0.335 e. The molecule has 15 heavy (non-hydrogen) atoms. The Labute approximate surface area is 86.8 Å². The van der Waals surface area contributed by atoms with Crippen LogP contribution in [0.15, 0.2) is 18.2 Å². The van der Waals surface area contributed by atoms with E-state index in [1.807, 2.05) is 0 Å². The van der Waals surface area contributed by atoms with Crippen LogP contribution in [0, 0.1) is 6.92 Å². The zero-order chi connectivity index (χ0) is 11.6. The molecule has 0 saturated carbocycles. The van der Waals surface area contributed by atoms with E-state index in [1.165, 1.54) is 0 Å². The zero-order valence-corrected chi connectivity index (χ0v) is 8.21. The van der Waals surface area contributed by atoms with Crippen molar-refractivity contribution in [1.82, 2.24) is 0 Å². The summed E-state index contributed by atoms with van der Waals surface area (Å²) >= 11 is 0. The van der Waals surface area contributed by atoms with Gasteiger partial charge in [0.2, 0.25) is 0 Å². The first kappa shape index (κ1) is 11.5.